The largest absolute Gasteiger partial charge is 0.469 e. The van der Waals surface area contributed by atoms with Crippen molar-refractivity contribution in [2.75, 3.05) is 26.9 Å². The minimum absolute atomic E-state index is 0.0893. The monoisotopic (exact) mass is 987 g/mol. The molecule has 0 aromatic heterocycles. The third-order valence-electron chi connectivity index (χ3n) is 19.8. The maximum atomic E-state index is 14.8. The van der Waals surface area contributed by atoms with Gasteiger partial charge in [-0.05, 0) is 111 Å². The molecule has 0 bridgehead atoms. The molecule has 8 aliphatic rings. The van der Waals surface area contributed by atoms with E-state index in [0.29, 0.717) is 38.5 Å². The van der Waals surface area contributed by atoms with Crippen LogP contribution >= 0.6 is 0 Å². The number of hydrogen-bond donors (Lipinski definition) is 11. The minimum atomic E-state index is -1.81. The molecule has 394 valence electrons. The van der Waals surface area contributed by atoms with Crippen LogP contribution in [0.4, 0.5) is 0 Å². The molecule has 4 saturated carbocycles. The van der Waals surface area contributed by atoms with Crippen molar-refractivity contribution in [3.8, 4) is 0 Å². The van der Waals surface area contributed by atoms with Crippen LogP contribution < -0.4 is 0 Å². The number of fused-ring (bicyclic) bond motifs is 7. The van der Waals surface area contributed by atoms with Crippen LogP contribution in [-0.4, -0.2) is 193 Å². The number of carbonyl (C=O) groups is 2. The van der Waals surface area contributed by atoms with Crippen LogP contribution in [0.25, 0.3) is 0 Å². The van der Waals surface area contributed by atoms with Gasteiger partial charge in [0.15, 0.2) is 12.6 Å². The Bertz CT molecular complexity index is 1910. The minimum Gasteiger partial charge on any atom is -0.469 e. The van der Waals surface area contributed by atoms with E-state index in [2.05, 4.69) is 40.7 Å². The summed E-state index contributed by atoms with van der Waals surface area (Å²) in [6.07, 6.45) is -16.4. The lowest BCUT2D eigenvalue weighted by Crippen LogP contribution is -2.67. The molecule has 0 radical (unpaired) electrons. The molecule has 5 aliphatic carbocycles. The van der Waals surface area contributed by atoms with Gasteiger partial charge in [0.1, 0.15) is 73.2 Å². The first-order chi connectivity index (χ1) is 32.3. The fourth-order valence-electron chi connectivity index (χ4n) is 15.3. The molecular weight excluding hydrogens is 909 g/mol. The summed E-state index contributed by atoms with van der Waals surface area (Å²) in [6.45, 7) is 11.1. The van der Waals surface area contributed by atoms with E-state index in [1.807, 2.05) is 6.92 Å². The Morgan fingerprint density at radius 1 is 0.609 bits per heavy atom. The molecule has 24 atom stereocenters. The van der Waals surface area contributed by atoms with Crippen LogP contribution in [0.15, 0.2) is 11.6 Å². The smallest absolute Gasteiger partial charge is 0.315 e. The fourth-order valence-corrected chi connectivity index (χ4v) is 15.3. The molecule has 0 spiro atoms. The van der Waals surface area contributed by atoms with Gasteiger partial charge in [-0.1, -0.05) is 46.3 Å². The number of methoxy groups -OCH3 is 1. The fraction of sp³-hybridized carbons (Fsp3) is 0.918. The van der Waals surface area contributed by atoms with Crippen LogP contribution in [0.3, 0.4) is 0 Å². The summed E-state index contributed by atoms with van der Waals surface area (Å²) in [4.78, 5) is 28.3. The van der Waals surface area contributed by atoms with E-state index in [-0.39, 0.29) is 35.1 Å². The molecule has 0 amide bonds. The number of rotatable bonds is 10. The Kier molecular flexibility index (Phi) is 14.7. The van der Waals surface area contributed by atoms with Crippen molar-refractivity contribution >= 4 is 11.9 Å². The van der Waals surface area contributed by atoms with Crippen LogP contribution in [0.2, 0.25) is 0 Å². The number of aliphatic hydroxyl groups excluding tert-OH is 11. The molecule has 20 heteroatoms. The van der Waals surface area contributed by atoms with Crippen LogP contribution in [-0.2, 0) is 42.7 Å². The first-order valence-electron chi connectivity index (χ1n) is 24.9. The number of aliphatic hydroxyl groups is 11. The lowest BCUT2D eigenvalue weighted by Gasteiger charge is -2.71. The van der Waals surface area contributed by atoms with Gasteiger partial charge in [0.2, 0.25) is 6.29 Å². The molecule has 11 N–H and O–H groups in total. The summed E-state index contributed by atoms with van der Waals surface area (Å²) in [5, 5.41) is 116. The molecule has 24 unspecified atom stereocenters. The molecule has 0 aromatic carbocycles. The average molecular weight is 987 g/mol. The van der Waals surface area contributed by atoms with E-state index in [1.165, 1.54) is 7.11 Å². The zero-order valence-corrected chi connectivity index (χ0v) is 40.8. The lowest BCUT2D eigenvalue weighted by atomic mass is 9.33. The molecule has 20 nitrogen and oxygen atoms in total. The van der Waals surface area contributed by atoms with Gasteiger partial charge in [-0.25, -0.2) is 0 Å². The third-order valence-corrected chi connectivity index (χ3v) is 19.8. The van der Waals surface area contributed by atoms with E-state index in [0.717, 1.165) is 24.8 Å². The van der Waals surface area contributed by atoms with Gasteiger partial charge in [0, 0.05) is 0 Å². The Hall–Kier alpha value is -1.96. The standard InChI is InChI=1S/C49H78O20/c1-44(2)27-10-13-48(6)28(46(27,4)12-11-29(44)67-41-38(35(58)32(55)26(21-52)66-41)68-39-36(59)33(56)30(53)24(19-50)64-39)9-8-22-23-18-45(3,42(61)63-7)14-16-49(23,17-15-47(22,48)5)43(62)69-40-37(60)34(57)31(54)25(20-51)65-40/h8,23-41,50-60H,9-21H2,1-7H3. The van der Waals surface area contributed by atoms with Gasteiger partial charge < -0.3 is 89.3 Å². The van der Waals surface area contributed by atoms with Crippen molar-refractivity contribution in [3.63, 3.8) is 0 Å². The number of ether oxygens (including phenoxy) is 7. The highest BCUT2D eigenvalue weighted by Crippen LogP contribution is 2.76. The lowest BCUT2D eigenvalue weighted by molar-refractivity contribution is -0.378. The summed E-state index contributed by atoms with van der Waals surface area (Å²) < 4.78 is 41.4. The summed E-state index contributed by atoms with van der Waals surface area (Å²) in [5.41, 5.74) is -2.45. The van der Waals surface area contributed by atoms with Gasteiger partial charge in [-0.15, -0.1) is 0 Å². The number of hydrogen-bond acceptors (Lipinski definition) is 20. The van der Waals surface area contributed by atoms with Crippen molar-refractivity contribution in [1.82, 2.24) is 0 Å². The Labute approximate surface area is 402 Å². The van der Waals surface area contributed by atoms with E-state index in [4.69, 9.17) is 33.2 Å². The van der Waals surface area contributed by atoms with E-state index < -0.39 is 152 Å². The van der Waals surface area contributed by atoms with Gasteiger partial charge in [-0.2, -0.15) is 0 Å². The molecule has 3 heterocycles. The predicted octanol–water partition coefficient (Wildman–Crippen LogP) is -0.706. The van der Waals surface area contributed by atoms with Gasteiger partial charge in [-0.3, -0.25) is 9.59 Å². The third kappa shape index (κ3) is 8.26. The zero-order chi connectivity index (χ0) is 50.6. The molecule has 69 heavy (non-hydrogen) atoms. The second kappa shape index (κ2) is 19.1. The SMILES string of the molecule is COC(=O)C1(C)CCC2(C(=O)OC3OC(CO)C(O)C(O)C3O)CCC3(C)C(=CCC4C5(C)CCC(OC6OC(CO)C(O)C(O)C6OC6OC(CO)C(O)C(O)C6O)C(C)(C)C5CCC43C)C2C1. The molecular formula is C49H78O20. The van der Waals surface area contributed by atoms with E-state index >= 15 is 0 Å². The zero-order valence-electron chi connectivity index (χ0n) is 40.8. The molecule has 3 saturated heterocycles. The van der Waals surface area contributed by atoms with E-state index in [1.54, 1.807) is 0 Å². The molecule has 0 aromatic rings. The summed E-state index contributed by atoms with van der Waals surface area (Å²) in [6, 6.07) is 0. The maximum Gasteiger partial charge on any atom is 0.315 e. The second-order valence-electron chi connectivity index (χ2n) is 23.4. The van der Waals surface area contributed by atoms with Gasteiger partial charge in [0.25, 0.3) is 0 Å². The number of allylic oxidation sites excluding steroid dienone is 2. The van der Waals surface area contributed by atoms with Crippen LogP contribution in [0, 0.1) is 50.2 Å². The summed E-state index contributed by atoms with van der Waals surface area (Å²) in [7, 11) is 1.36. The molecule has 8 rings (SSSR count). The highest BCUT2D eigenvalue weighted by atomic mass is 16.8. The highest BCUT2D eigenvalue weighted by molar-refractivity contribution is 5.81. The van der Waals surface area contributed by atoms with Crippen LogP contribution in [0.1, 0.15) is 106 Å². The summed E-state index contributed by atoms with van der Waals surface area (Å²) in [5.74, 6) is -1.22. The van der Waals surface area contributed by atoms with Crippen molar-refractivity contribution in [3.05, 3.63) is 11.6 Å². The van der Waals surface area contributed by atoms with Crippen molar-refractivity contribution < 1.29 is 98.9 Å². The van der Waals surface area contributed by atoms with Crippen molar-refractivity contribution in [2.45, 2.75) is 204 Å². The Morgan fingerprint density at radius 3 is 1.75 bits per heavy atom. The average Bonchev–Trinajstić information content (AvgIpc) is 3.31. The first-order valence-corrected chi connectivity index (χ1v) is 24.9. The van der Waals surface area contributed by atoms with Crippen molar-refractivity contribution in [1.29, 1.82) is 0 Å². The quantitative estimate of drug-likeness (QED) is 0.0732. The Balaban J connectivity index is 1.07. The highest BCUT2D eigenvalue weighted by Gasteiger charge is 2.71. The van der Waals surface area contributed by atoms with Crippen LogP contribution in [0.5, 0.6) is 0 Å². The molecule has 3 aliphatic heterocycles. The van der Waals surface area contributed by atoms with Crippen molar-refractivity contribution in [2.24, 2.45) is 50.2 Å². The summed E-state index contributed by atoms with van der Waals surface area (Å²) >= 11 is 0. The number of esters is 2. The maximum absolute atomic E-state index is 14.8. The molecule has 7 fully saturated rings. The topological polar surface area (TPSA) is 321 Å². The normalized spacial score (nSPS) is 52.8. The Morgan fingerprint density at radius 2 is 1.16 bits per heavy atom. The second-order valence-corrected chi connectivity index (χ2v) is 23.4. The first kappa shape index (κ1) is 53.3. The predicted molar refractivity (Wildman–Crippen MR) is 237 cm³/mol. The van der Waals surface area contributed by atoms with Gasteiger partial charge in [0.05, 0.1) is 43.9 Å². The number of carbonyl (C=O) groups excluding carboxylic acids is 2. The van der Waals surface area contributed by atoms with E-state index in [9.17, 15) is 65.8 Å². The van der Waals surface area contributed by atoms with Gasteiger partial charge >= 0.3 is 11.9 Å².